The Morgan fingerprint density at radius 2 is 1.94 bits per heavy atom. The minimum absolute atomic E-state index is 0.0607. The highest BCUT2D eigenvalue weighted by Crippen LogP contribution is 2.34. The van der Waals surface area contributed by atoms with Crippen LogP contribution < -0.4 is 25.8 Å². The number of nitrogens with two attached hydrogens (primary N) is 1. The summed E-state index contributed by atoms with van der Waals surface area (Å²) in [6, 6.07) is 17.5. The Morgan fingerprint density at radius 3 is 2.73 bits per heavy atom. The summed E-state index contributed by atoms with van der Waals surface area (Å²) in [5.41, 5.74) is 9.97. The molecule has 2 fully saturated rings. The maximum absolute atomic E-state index is 14.5. The molecule has 3 aromatic carbocycles. The predicted molar refractivity (Wildman–Crippen MR) is 196 cm³/mol. The number of carbonyl (C=O) groups is 4. The summed E-state index contributed by atoms with van der Waals surface area (Å²) in [6.45, 7) is 2.91. The van der Waals surface area contributed by atoms with Crippen molar-refractivity contribution in [2.75, 3.05) is 44.4 Å². The number of ketones is 1. The van der Waals surface area contributed by atoms with Crippen molar-refractivity contribution in [3.05, 3.63) is 89.6 Å². The fourth-order valence-electron chi connectivity index (χ4n) is 6.90. The minimum Gasteiger partial charge on any atom is -0.497 e. The van der Waals surface area contributed by atoms with Crippen LogP contribution in [0.2, 0.25) is 0 Å². The number of aromatic nitrogens is 1. The maximum atomic E-state index is 14.5. The molecule has 0 bridgehead atoms. The van der Waals surface area contributed by atoms with Gasteiger partial charge in [0.1, 0.15) is 23.7 Å². The number of fused-ring (bicyclic) bond motifs is 3. The van der Waals surface area contributed by atoms with Crippen molar-refractivity contribution in [2.24, 2.45) is 0 Å². The highest BCUT2D eigenvalue weighted by molar-refractivity contribution is 7.22. The van der Waals surface area contributed by atoms with Gasteiger partial charge in [0.25, 0.3) is 0 Å². The molecule has 0 saturated carbocycles. The monoisotopic (exact) mass is 724 g/mol. The molecule has 52 heavy (non-hydrogen) atoms. The van der Waals surface area contributed by atoms with Gasteiger partial charge in [-0.2, -0.15) is 5.01 Å². The number of carbonyl (C=O) groups excluding carboxylic acids is 4. The molecule has 3 aliphatic heterocycles. The van der Waals surface area contributed by atoms with E-state index in [-0.39, 0.29) is 62.8 Å². The second-order valence-electron chi connectivity index (χ2n) is 12.8. The van der Waals surface area contributed by atoms with Gasteiger partial charge in [-0.25, -0.2) is 9.78 Å². The van der Waals surface area contributed by atoms with Gasteiger partial charge < -0.3 is 35.6 Å². The van der Waals surface area contributed by atoms with E-state index in [0.717, 1.165) is 32.7 Å². The lowest BCUT2D eigenvalue weighted by Crippen LogP contribution is -2.66. The highest BCUT2D eigenvalue weighted by Gasteiger charge is 2.52. The van der Waals surface area contributed by atoms with E-state index in [1.807, 2.05) is 61.5 Å². The Hall–Kier alpha value is -5.67. The lowest BCUT2D eigenvalue weighted by Gasteiger charge is -2.46. The number of anilines is 2. The number of hydrazine groups is 1. The minimum atomic E-state index is -0.855. The molecule has 7 rings (SSSR count). The summed E-state index contributed by atoms with van der Waals surface area (Å²) >= 11 is 1.38. The van der Waals surface area contributed by atoms with E-state index in [4.69, 9.17) is 15.2 Å². The SMILES string of the molecule is CCCN(C(=O)NCc1ccc(OC)cc1)N1CC(=O)N2[C@@H](Cc3ccc4c(c3)N/C=C/C(=O)CO4)C(=O)N(Cc3cccc4sc(N)nc34)C[C@@H]21. The second-order valence-corrected chi connectivity index (χ2v) is 13.9. The Kier molecular flexibility index (Phi) is 9.96. The van der Waals surface area contributed by atoms with Crippen LogP contribution >= 0.6 is 11.3 Å². The molecular formula is C37H40N8O6S. The van der Waals surface area contributed by atoms with Gasteiger partial charge in [-0.15, -0.1) is 0 Å². The lowest BCUT2D eigenvalue weighted by atomic mass is 9.99. The van der Waals surface area contributed by atoms with Gasteiger partial charge in [0, 0.05) is 38.3 Å². The number of piperazine rings is 1. The zero-order chi connectivity index (χ0) is 36.4. The topological polar surface area (TPSA) is 163 Å². The quantitative estimate of drug-likeness (QED) is 0.220. The van der Waals surface area contributed by atoms with E-state index >= 15 is 0 Å². The van der Waals surface area contributed by atoms with Crippen molar-refractivity contribution in [3.63, 3.8) is 0 Å². The average Bonchev–Trinajstić information content (AvgIpc) is 3.68. The van der Waals surface area contributed by atoms with Gasteiger partial charge in [0.15, 0.2) is 17.5 Å². The van der Waals surface area contributed by atoms with E-state index in [1.165, 1.54) is 17.4 Å². The van der Waals surface area contributed by atoms with Gasteiger partial charge in [-0.3, -0.25) is 19.4 Å². The van der Waals surface area contributed by atoms with Gasteiger partial charge >= 0.3 is 6.03 Å². The number of nitrogens with one attached hydrogen (secondary N) is 2. The first-order valence-electron chi connectivity index (χ1n) is 17.1. The molecule has 4 heterocycles. The van der Waals surface area contributed by atoms with Crippen molar-refractivity contribution < 1.29 is 28.7 Å². The van der Waals surface area contributed by atoms with E-state index in [0.29, 0.717) is 29.5 Å². The third-order valence-electron chi connectivity index (χ3n) is 9.38. The fourth-order valence-corrected chi connectivity index (χ4v) is 7.69. The van der Waals surface area contributed by atoms with E-state index in [2.05, 4.69) is 15.6 Å². The van der Waals surface area contributed by atoms with Gasteiger partial charge in [-0.1, -0.05) is 48.6 Å². The number of urea groups is 1. The van der Waals surface area contributed by atoms with Crippen LogP contribution in [0.5, 0.6) is 11.5 Å². The molecule has 15 heteroatoms. The second kappa shape index (κ2) is 14.9. The van der Waals surface area contributed by atoms with Crippen LogP contribution in [0.15, 0.2) is 72.9 Å². The molecule has 2 atom stereocenters. The van der Waals surface area contributed by atoms with E-state index in [1.54, 1.807) is 39.2 Å². The fraction of sp³-hybridized carbons (Fsp3) is 0.324. The van der Waals surface area contributed by atoms with Crippen LogP contribution in [-0.4, -0.2) is 94.0 Å². The third kappa shape index (κ3) is 7.09. The van der Waals surface area contributed by atoms with Crippen molar-refractivity contribution in [1.29, 1.82) is 0 Å². The average molecular weight is 725 g/mol. The Labute approximate surface area is 304 Å². The van der Waals surface area contributed by atoms with Gasteiger partial charge in [-0.05, 0) is 53.4 Å². The number of methoxy groups -OCH3 is 1. The zero-order valence-electron chi connectivity index (χ0n) is 28.9. The van der Waals surface area contributed by atoms with Crippen LogP contribution in [0.3, 0.4) is 0 Å². The van der Waals surface area contributed by atoms with E-state index < -0.39 is 12.2 Å². The Bertz CT molecular complexity index is 2030. The van der Waals surface area contributed by atoms with Crippen LogP contribution in [0.4, 0.5) is 15.6 Å². The number of amides is 4. The number of benzene rings is 3. The summed E-state index contributed by atoms with van der Waals surface area (Å²) in [5, 5.41) is 9.94. The van der Waals surface area contributed by atoms with Gasteiger partial charge in [0.2, 0.25) is 11.8 Å². The molecule has 0 aliphatic carbocycles. The molecule has 0 unspecified atom stereocenters. The number of nitrogen functional groups attached to an aromatic ring is 1. The molecular weight excluding hydrogens is 685 g/mol. The summed E-state index contributed by atoms with van der Waals surface area (Å²) < 4.78 is 11.9. The van der Waals surface area contributed by atoms with E-state index in [9.17, 15) is 19.2 Å². The lowest BCUT2D eigenvalue weighted by molar-refractivity contribution is -0.157. The van der Waals surface area contributed by atoms with Gasteiger partial charge in [0.05, 0.1) is 36.1 Å². The predicted octanol–water partition coefficient (Wildman–Crippen LogP) is 3.73. The van der Waals surface area contributed by atoms with Crippen molar-refractivity contribution >= 4 is 56.0 Å². The number of hydrogen-bond donors (Lipinski definition) is 3. The number of ether oxygens (including phenoxy) is 2. The van der Waals surface area contributed by atoms with Crippen LogP contribution in [0.25, 0.3) is 10.2 Å². The number of nitrogens with zero attached hydrogens (tertiary/aromatic N) is 5. The zero-order valence-corrected chi connectivity index (χ0v) is 29.7. The third-order valence-corrected chi connectivity index (χ3v) is 10.2. The highest BCUT2D eigenvalue weighted by atomic mass is 32.1. The number of hydrogen-bond acceptors (Lipinski definition) is 11. The Morgan fingerprint density at radius 1 is 1.13 bits per heavy atom. The maximum Gasteiger partial charge on any atom is 0.332 e. The van der Waals surface area contributed by atoms with Crippen molar-refractivity contribution in [2.45, 2.75) is 45.1 Å². The first-order chi connectivity index (χ1) is 25.2. The molecule has 14 nitrogen and oxygen atoms in total. The summed E-state index contributed by atoms with van der Waals surface area (Å²) in [7, 11) is 1.60. The van der Waals surface area contributed by atoms with Crippen LogP contribution in [0, 0.1) is 0 Å². The van der Waals surface area contributed by atoms with Crippen molar-refractivity contribution in [3.8, 4) is 11.5 Å². The summed E-state index contributed by atoms with van der Waals surface area (Å²) in [6.07, 6.45) is 3.23. The standard InChI is InChI=1S/C37H40N8O6S/c1-3-15-43(37(49)40-18-23-7-10-27(50-2)11-8-23)44-21-33(47)45-29(17-24-9-12-30-28(16-24)39-14-13-26(46)22-51-30)35(48)42(20-32(44)45)19-25-5-4-6-31-34(25)41-36(38)52-31/h4-14,16,29,32,39H,3,15,17-22H2,1-2H3,(H2,38,41)(H,40,49)/b14-13+/t29-,32+/m0/s1. The van der Waals surface area contributed by atoms with Crippen LogP contribution in [-0.2, 0) is 33.9 Å². The smallest absolute Gasteiger partial charge is 0.332 e. The molecule has 2 saturated heterocycles. The Balaban J connectivity index is 1.19. The molecule has 4 amide bonds. The first-order valence-corrected chi connectivity index (χ1v) is 17.9. The molecule has 4 N–H and O–H groups in total. The number of para-hydroxylation sites is 1. The normalized spacial score (nSPS) is 19.3. The first kappa shape index (κ1) is 34.8. The van der Waals surface area contributed by atoms with Crippen molar-refractivity contribution in [1.82, 2.24) is 30.1 Å². The molecule has 270 valence electrons. The molecule has 1 aromatic heterocycles. The largest absolute Gasteiger partial charge is 0.497 e. The van der Waals surface area contributed by atoms with Crippen LogP contribution in [0.1, 0.15) is 30.0 Å². The molecule has 0 radical (unpaired) electrons. The number of thiazole rings is 1. The molecule has 3 aliphatic rings. The summed E-state index contributed by atoms with van der Waals surface area (Å²) in [4.78, 5) is 62.1. The molecule has 4 aromatic rings. The number of rotatable bonds is 10. The summed E-state index contributed by atoms with van der Waals surface area (Å²) in [5.74, 6) is 0.611. The molecule has 0 spiro atoms.